The minimum Gasteiger partial charge on any atom is -0.396 e. The number of aliphatic hydroxyl groups excluding tert-OH is 2. The average molecular weight is 773 g/mol. The number of aryl methyl sites for hydroxylation is 1. The number of allylic oxidation sites excluding steroid dienone is 3. The van der Waals surface area contributed by atoms with Crippen molar-refractivity contribution in [1.29, 1.82) is 0 Å². The van der Waals surface area contributed by atoms with Crippen LogP contribution in [0, 0.1) is 45.3 Å². The predicted molar refractivity (Wildman–Crippen MR) is 216 cm³/mol. The van der Waals surface area contributed by atoms with Crippen LogP contribution in [0.5, 0.6) is 0 Å². The van der Waals surface area contributed by atoms with E-state index in [4.69, 9.17) is 10.5 Å². The Labute approximate surface area is 333 Å². The summed E-state index contributed by atoms with van der Waals surface area (Å²) in [6, 6.07) is 10.6. The highest BCUT2D eigenvalue weighted by molar-refractivity contribution is 5.95. The van der Waals surface area contributed by atoms with Crippen LogP contribution in [0.3, 0.4) is 0 Å². The molecular formula is C47H68N2O7. The number of hydrogen-bond donors (Lipinski definition) is 7. The number of carbonyl (C=O) groups is 1. The van der Waals surface area contributed by atoms with E-state index in [1.165, 1.54) is 5.56 Å². The Bertz CT molecular complexity index is 1780. The Hall–Kier alpha value is -2.53. The lowest BCUT2D eigenvalue weighted by Crippen LogP contribution is -2.67. The fraction of sp³-hybridized carbons (Fsp3) is 0.723. The topological polar surface area (TPSA) is 169 Å². The van der Waals surface area contributed by atoms with E-state index in [1.54, 1.807) is 13.0 Å². The summed E-state index contributed by atoms with van der Waals surface area (Å²) >= 11 is 0. The van der Waals surface area contributed by atoms with Crippen molar-refractivity contribution in [3.05, 3.63) is 71.1 Å². The van der Waals surface area contributed by atoms with E-state index in [0.29, 0.717) is 57.3 Å². The number of nitrogens with two attached hydrogens (primary N) is 1. The Kier molecular flexibility index (Phi) is 9.90. The molecule has 5 aliphatic carbocycles. The van der Waals surface area contributed by atoms with Gasteiger partial charge in [0.05, 0.1) is 35.3 Å². The van der Waals surface area contributed by atoms with Crippen LogP contribution in [0.25, 0.3) is 0 Å². The van der Waals surface area contributed by atoms with Gasteiger partial charge >= 0.3 is 0 Å². The number of fused-ring (bicyclic) bond motifs is 6. The van der Waals surface area contributed by atoms with Gasteiger partial charge in [-0.25, -0.2) is 0 Å². The second kappa shape index (κ2) is 13.8. The molecule has 7 aliphatic rings. The number of carbonyl (C=O) groups excluding carboxylic acids is 1. The molecule has 2 heterocycles. The van der Waals surface area contributed by atoms with Crippen molar-refractivity contribution in [3.63, 3.8) is 0 Å². The first kappa shape index (κ1) is 40.3. The van der Waals surface area contributed by atoms with Gasteiger partial charge in [0.25, 0.3) is 0 Å². The van der Waals surface area contributed by atoms with Gasteiger partial charge in [0.2, 0.25) is 0 Å². The molecule has 13 atom stereocenters. The lowest BCUT2D eigenvalue weighted by molar-refractivity contribution is -0.193. The molecule has 1 saturated heterocycles. The molecule has 0 bridgehead atoms. The van der Waals surface area contributed by atoms with Gasteiger partial charge in [0.1, 0.15) is 12.2 Å². The fourth-order valence-corrected chi connectivity index (χ4v) is 14.3. The van der Waals surface area contributed by atoms with Gasteiger partial charge < -0.3 is 41.3 Å². The number of nitrogens with one attached hydrogen (secondary N) is 1. The number of benzene rings is 1. The first-order valence-corrected chi connectivity index (χ1v) is 21.7. The maximum Gasteiger partial charge on any atom is 0.159 e. The summed E-state index contributed by atoms with van der Waals surface area (Å²) in [5.41, 5.74) is 2.73. The van der Waals surface area contributed by atoms with E-state index in [1.807, 2.05) is 26.0 Å². The van der Waals surface area contributed by atoms with Gasteiger partial charge in [-0.15, -0.1) is 0 Å². The first-order chi connectivity index (χ1) is 26.4. The second-order valence-corrected chi connectivity index (χ2v) is 20.6. The number of aliphatic hydroxyl groups is 5. The molecule has 1 aromatic rings. The molecule has 4 saturated carbocycles. The van der Waals surface area contributed by atoms with E-state index in [0.717, 1.165) is 49.7 Å². The molecule has 9 nitrogen and oxygen atoms in total. The van der Waals surface area contributed by atoms with Gasteiger partial charge in [0, 0.05) is 23.3 Å². The molecule has 8 rings (SSSR count). The molecule has 0 unspecified atom stereocenters. The second-order valence-electron chi connectivity index (χ2n) is 20.6. The summed E-state index contributed by atoms with van der Waals surface area (Å²) in [6.07, 6.45) is 13.8. The molecule has 8 N–H and O–H groups in total. The van der Waals surface area contributed by atoms with Gasteiger partial charge in [-0.2, -0.15) is 0 Å². The van der Waals surface area contributed by atoms with Crippen molar-refractivity contribution in [2.45, 2.75) is 153 Å². The Morgan fingerprint density at radius 3 is 2.38 bits per heavy atom. The summed E-state index contributed by atoms with van der Waals surface area (Å²) in [4.78, 5) is 14.5. The highest BCUT2D eigenvalue weighted by Gasteiger charge is 2.76. The van der Waals surface area contributed by atoms with Crippen LogP contribution in [-0.2, 0) is 16.0 Å². The zero-order valence-electron chi connectivity index (χ0n) is 34.4. The normalized spacial score (nSPS) is 41.8. The van der Waals surface area contributed by atoms with E-state index in [-0.39, 0.29) is 41.5 Å². The molecule has 0 aromatic heterocycles. The van der Waals surface area contributed by atoms with Gasteiger partial charge in [-0.05, 0) is 142 Å². The molecule has 0 amide bonds. The molecule has 9 heteroatoms. The van der Waals surface area contributed by atoms with Crippen molar-refractivity contribution in [3.8, 4) is 0 Å². The fourth-order valence-electron chi connectivity index (χ4n) is 14.3. The van der Waals surface area contributed by atoms with Crippen molar-refractivity contribution < 1.29 is 35.1 Å². The SMILES string of the molecule is C[C@@](O)([C@H]1CC[C@@]2(O)C3=CC(=O)[C@@H]4C[C@@H](O)CC5(CCCC5)[C@]4(C)[C@H]3[C@@H](CCc3ccccc3)C[C@]12C)[C@H]1O[C@@H]1[C@](C)(O)[C@](C)(CO)CCC1=CCNC(N)=C1. The van der Waals surface area contributed by atoms with Crippen molar-refractivity contribution in [2.24, 2.45) is 51.1 Å². The Morgan fingerprint density at radius 2 is 1.70 bits per heavy atom. The summed E-state index contributed by atoms with van der Waals surface area (Å²) in [5.74, 6) is 0.101. The maximum absolute atomic E-state index is 14.5. The molecular weight excluding hydrogens is 705 g/mol. The van der Waals surface area contributed by atoms with Gasteiger partial charge in [0.15, 0.2) is 5.78 Å². The smallest absolute Gasteiger partial charge is 0.159 e. The van der Waals surface area contributed by atoms with E-state index in [9.17, 15) is 30.3 Å². The van der Waals surface area contributed by atoms with Crippen LogP contribution in [0.1, 0.15) is 117 Å². The average Bonchev–Trinajstić information content (AvgIpc) is 3.78. The molecule has 56 heavy (non-hydrogen) atoms. The van der Waals surface area contributed by atoms with Crippen molar-refractivity contribution in [2.75, 3.05) is 13.2 Å². The van der Waals surface area contributed by atoms with E-state index >= 15 is 0 Å². The number of dihydropyridines is 1. The van der Waals surface area contributed by atoms with E-state index < -0.39 is 51.4 Å². The van der Waals surface area contributed by atoms with Crippen LogP contribution in [0.15, 0.2) is 65.5 Å². The largest absolute Gasteiger partial charge is 0.396 e. The van der Waals surface area contributed by atoms with Crippen molar-refractivity contribution in [1.82, 2.24) is 5.32 Å². The number of ether oxygens (including phenoxy) is 1. The number of epoxide rings is 1. The molecule has 308 valence electrons. The van der Waals surface area contributed by atoms with Gasteiger partial charge in [-0.3, -0.25) is 4.79 Å². The van der Waals surface area contributed by atoms with Gasteiger partial charge in [-0.1, -0.05) is 70.0 Å². The predicted octanol–water partition coefficient (Wildman–Crippen LogP) is 5.63. The molecule has 5 fully saturated rings. The number of hydrogen-bond acceptors (Lipinski definition) is 9. The Morgan fingerprint density at radius 1 is 0.982 bits per heavy atom. The molecule has 1 aromatic carbocycles. The van der Waals surface area contributed by atoms with E-state index in [2.05, 4.69) is 49.5 Å². The Balaban J connectivity index is 1.12. The minimum absolute atomic E-state index is 0.0162. The third kappa shape index (κ3) is 5.87. The quantitative estimate of drug-likeness (QED) is 0.141. The number of rotatable bonds is 11. The lowest BCUT2D eigenvalue weighted by atomic mass is 9.37. The van der Waals surface area contributed by atoms with Crippen LogP contribution in [-0.4, -0.2) is 79.6 Å². The third-order valence-corrected chi connectivity index (χ3v) is 17.8. The standard InChI is InChI=1S/C47H68N2O7/c1-41(28-50,20-15-30-17-22-49-37(48)23-30)45(5,54)40-39(56-40)44(4,53)36-16-21-47(55)34-25-35(52)33-24-32(51)27-46(18-9-10-19-46)43(33,3)38(34)31(26-42(36,47)2)14-13-29-11-7-6-8-12-29/h6-8,11-12,17,23,25,31-33,36,38-40,49-51,53-55H,9-10,13-16,18-22,24,26-28,48H2,1-5H3/t31-,32+,33-,36-,38-,39-,40-,41-,42+,43-,44+,45-,47+/m0/s1. The molecule has 2 aliphatic heterocycles. The summed E-state index contributed by atoms with van der Waals surface area (Å²) in [6.45, 7) is 10.3. The maximum atomic E-state index is 14.5. The molecule has 1 spiro atoms. The summed E-state index contributed by atoms with van der Waals surface area (Å²) in [7, 11) is 0. The van der Waals surface area contributed by atoms with Crippen LogP contribution in [0.2, 0.25) is 0 Å². The van der Waals surface area contributed by atoms with Crippen molar-refractivity contribution >= 4 is 5.78 Å². The van der Waals surface area contributed by atoms with Crippen LogP contribution < -0.4 is 11.1 Å². The third-order valence-electron chi connectivity index (χ3n) is 17.8. The van der Waals surface area contributed by atoms with Crippen LogP contribution >= 0.6 is 0 Å². The monoisotopic (exact) mass is 773 g/mol. The first-order valence-electron chi connectivity index (χ1n) is 21.7. The number of ketones is 1. The highest BCUT2D eigenvalue weighted by Crippen LogP contribution is 2.75. The molecule has 0 radical (unpaired) electrons. The summed E-state index contributed by atoms with van der Waals surface area (Å²) < 4.78 is 6.35. The van der Waals surface area contributed by atoms with Crippen LogP contribution in [0.4, 0.5) is 0 Å². The lowest BCUT2D eigenvalue weighted by Gasteiger charge is -2.67. The minimum atomic E-state index is -1.46. The highest BCUT2D eigenvalue weighted by atomic mass is 16.6. The zero-order chi connectivity index (χ0) is 40.1. The zero-order valence-corrected chi connectivity index (χ0v) is 34.4. The summed E-state index contributed by atoms with van der Waals surface area (Å²) in [5, 5.41) is 63.6.